The van der Waals surface area contributed by atoms with Gasteiger partial charge in [0.25, 0.3) is 0 Å². The highest BCUT2D eigenvalue weighted by Gasteiger charge is 2.11. The van der Waals surface area contributed by atoms with Crippen molar-refractivity contribution in [2.24, 2.45) is 0 Å². The monoisotopic (exact) mass is 182 g/mol. The van der Waals surface area contributed by atoms with Crippen molar-refractivity contribution >= 4 is 30.4 Å². The van der Waals surface area contributed by atoms with Crippen LogP contribution >= 0.6 is 24.4 Å². The number of thiol groups is 1. The fraction of sp³-hybridized carbons (Fsp3) is 0.800. The molecule has 0 amide bonds. The first-order chi connectivity index (χ1) is 4.68. The molecule has 5 heteroatoms. The van der Waals surface area contributed by atoms with Gasteiger partial charge in [-0.15, -0.1) is 11.8 Å². The lowest BCUT2D eigenvalue weighted by molar-refractivity contribution is -0.141. The lowest BCUT2D eigenvalue weighted by Gasteiger charge is -2.02. The second-order valence-electron chi connectivity index (χ2n) is 1.64. The standard InChI is InChI=1S/C5H10O3S2/c6-4(7)5(8)10-3-1-2-9/h5,8-9H,1-3H2,(H,6,7). The van der Waals surface area contributed by atoms with Crippen LogP contribution in [-0.2, 0) is 4.79 Å². The van der Waals surface area contributed by atoms with Crippen molar-refractivity contribution in [2.45, 2.75) is 11.9 Å². The number of aliphatic hydroxyl groups excluding tert-OH is 1. The zero-order valence-corrected chi connectivity index (χ0v) is 7.07. The average Bonchev–Trinajstić information content (AvgIpc) is 1.88. The Bertz CT molecular complexity index is 107. The van der Waals surface area contributed by atoms with E-state index in [4.69, 9.17) is 10.2 Å². The lowest BCUT2D eigenvalue weighted by Crippen LogP contribution is -2.15. The molecular weight excluding hydrogens is 172 g/mol. The number of aliphatic hydroxyl groups is 1. The Morgan fingerprint density at radius 2 is 2.30 bits per heavy atom. The summed E-state index contributed by atoms with van der Waals surface area (Å²) in [6.07, 6.45) is 0.818. The molecule has 0 bridgehead atoms. The number of carbonyl (C=O) groups is 1. The Morgan fingerprint density at radius 3 is 2.70 bits per heavy atom. The number of hydrogen-bond donors (Lipinski definition) is 3. The minimum Gasteiger partial charge on any atom is -0.479 e. The minimum atomic E-state index is -1.28. The summed E-state index contributed by atoms with van der Waals surface area (Å²) in [6.45, 7) is 0. The third-order valence-electron chi connectivity index (χ3n) is 0.789. The molecule has 0 fully saturated rings. The molecule has 0 aliphatic heterocycles. The highest BCUT2D eigenvalue weighted by Crippen LogP contribution is 2.09. The predicted molar refractivity (Wildman–Crippen MR) is 44.6 cm³/mol. The first kappa shape index (κ1) is 10.1. The summed E-state index contributed by atoms with van der Waals surface area (Å²) in [6, 6.07) is 0. The summed E-state index contributed by atoms with van der Waals surface area (Å²) in [4.78, 5) is 10.0. The highest BCUT2D eigenvalue weighted by molar-refractivity contribution is 8.00. The first-order valence-corrected chi connectivity index (χ1v) is 4.50. The molecule has 0 saturated heterocycles. The maximum absolute atomic E-state index is 10.0. The molecule has 3 nitrogen and oxygen atoms in total. The van der Waals surface area contributed by atoms with Crippen molar-refractivity contribution in [3.8, 4) is 0 Å². The average molecular weight is 182 g/mol. The molecule has 0 aliphatic carbocycles. The van der Waals surface area contributed by atoms with Crippen molar-refractivity contribution < 1.29 is 15.0 Å². The molecule has 0 heterocycles. The molecule has 0 radical (unpaired) electrons. The Labute approximate surface area is 69.2 Å². The van der Waals surface area contributed by atoms with Gasteiger partial charge in [0.05, 0.1) is 0 Å². The number of carboxylic acid groups (broad SMARTS) is 1. The maximum Gasteiger partial charge on any atom is 0.343 e. The Balaban J connectivity index is 3.21. The van der Waals surface area contributed by atoms with Gasteiger partial charge >= 0.3 is 5.97 Å². The fourth-order valence-corrected chi connectivity index (χ4v) is 1.38. The molecule has 10 heavy (non-hydrogen) atoms. The number of hydrogen-bond acceptors (Lipinski definition) is 4. The molecule has 0 aromatic carbocycles. The van der Waals surface area contributed by atoms with E-state index in [1.165, 1.54) is 0 Å². The topological polar surface area (TPSA) is 57.5 Å². The van der Waals surface area contributed by atoms with E-state index >= 15 is 0 Å². The summed E-state index contributed by atoms with van der Waals surface area (Å²) in [5.74, 6) is 0.181. The maximum atomic E-state index is 10.0. The number of rotatable bonds is 5. The summed E-state index contributed by atoms with van der Waals surface area (Å²) in [7, 11) is 0. The van der Waals surface area contributed by atoms with E-state index in [1.54, 1.807) is 0 Å². The molecule has 1 unspecified atom stereocenters. The van der Waals surface area contributed by atoms with Gasteiger partial charge in [0.15, 0.2) is 5.44 Å². The largest absolute Gasteiger partial charge is 0.479 e. The molecular formula is C5H10O3S2. The van der Waals surface area contributed by atoms with E-state index in [2.05, 4.69) is 12.6 Å². The van der Waals surface area contributed by atoms with Crippen LogP contribution < -0.4 is 0 Å². The summed E-state index contributed by atoms with van der Waals surface area (Å²) < 4.78 is 0. The molecule has 1 atom stereocenters. The zero-order valence-electron chi connectivity index (χ0n) is 5.36. The van der Waals surface area contributed by atoms with E-state index in [9.17, 15) is 4.79 Å². The predicted octanol–water partition coefficient (Wildman–Crippen LogP) is 0.443. The van der Waals surface area contributed by atoms with E-state index in [0.717, 1.165) is 23.9 Å². The zero-order chi connectivity index (χ0) is 7.98. The van der Waals surface area contributed by atoms with E-state index in [0.29, 0.717) is 5.75 Å². The van der Waals surface area contributed by atoms with Crippen molar-refractivity contribution in [1.29, 1.82) is 0 Å². The van der Waals surface area contributed by atoms with Crippen molar-refractivity contribution in [2.75, 3.05) is 11.5 Å². The Morgan fingerprint density at radius 1 is 1.70 bits per heavy atom. The van der Waals surface area contributed by atoms with Crippen LogP contribution in [0.5, 0.6) is 0 Å². The first-order valence-electron chi connectivity index (χ1n) is 2.82. The van der Waals surface area contributed by atoms with Gasteiger partial charge in [0, 0.05) is 0 Å². The molecule has 0 aliphatic rings. The molecule has 60 valence electrons. The van der Waals surface area contributed by atoms with E-state index in [1.807, 2.05) is 0 Å². The van der Waals surface area contributed by atoms with Gasteiger partial charge in [0.1, 0.15) is 0 Å². The molecule has 0 rings (SSSR count). The van der Waals surface area contributed by atoms with Gasteiger partial charge < -0.3 is 10.2 Å². The number of aliphatic carboxylic acids is 1. The van der Waals surface area contributed by atoms with Gasteiger partial charge in [-0.05, 0) is 17.9 Å². The van der Waals surface area contributed by atoms with Crippen LogP contribution in [0.2, 0.25) is 0 Å². The van der Waals surface area contributed by atoms with Crippen molar-refractivity contribution in [1.82, 2.24) is 0 Å². The second-order valence-corrected chi connectivity index (χ2v) is 3.27. The summed E-state index contributed by atoms with van der Waals surface area (Å²) in [5.41, 5.74) is -1.28. The third-order valence-corrected chi connectivity index (χ3v) is 2.15. The minimum absolute atomic E-state index is 0.636. The van der Waals surface area contributed by atoms with E-state index in [-0.39, 0.29) is 0 Å². The fourth-order valence-electron chi connectivity index (χ4n) is 0.331. The normalized spacial score (nSPS) is 13.0. The number of thioether (sulfide) groups is 1. The van der Waals surface area contributed by atoms with Crippen LogP contribution in [-0.4, -0.2) is 33.1 Å². The Hall–Kier alpha value is 0.130. The molecule has 0 saturated carbocycles. The lowest BCUT2D eigenvalue weighted by atomic mass is 10.6. The van der Waals surface area contributed by atoms with Crippen LogP contribution in [0, 0.1) is 0 Å². The quantitative estimate of drug-likeness (QED) is 0.328. The van der Waals surface area contributed by atoms with Crippen LogP contribution in [0.25, 0.3) is 0 Å². The molecule has 0 spiro atoms. The van der Waals surface area contributed by atoms with Crippen molar-refractivity contribution in [3.63, 3.8) is 0 Å². The molecule has 0 aromatic rings. The van der Waals surface area contributed by atoms with Gasteiger partial charge in [-0.2, -0.15) is 12.6 Å². The van der Waals surface area contributed by atoms with Crippen LogP contribution in [0.4, 0.5) is 0 Å². The molecule has 0 aromatic heterocycles. The summed E-state index contributed by atoms with van der Waals surface area (Å²) in [5, 5.41) is 16.9. The highest BCUT2D eigenvalue weighted by atomic mass is 32.2. The third kappa shape index (κ3) is 4.96. The second kappa shape index (κ2) is 5.88. The smallest absolute Gasteiger partial charge is 0.343 e. The summed E-state index contributed by atoms with van der Waals surface area (Å²) >= 11 is 4.95. The van der Waals surface area contributed by atoms with Gasteiger partial charge in [-0.1, -0.05) is 0 Å². The van der Waals surface area contributed by atoms with E-state index < -0.39 is 11.4 Å². The van der Waals surface area contributed by atoms with Crippen LogP contribution in [0.15, 0.2) is 0 Å². The molecule has 2 N–H and O–H groups in total. The number of carboxylic acids is 1. The van der Waals surface area contributed by atoms with Crippen LogP contribution in [0.1, 0.15) is 6.42 Å². The van der Waals surface area contributed by atoms with Crippen LogP contribution in [0.3, 0.4) is 0 Å². The van der Waals surface area contributed by atoms with Gasteiger partial charge in [-0.25, -0.2) is 4.79 Å². The van der Waals surface area contributed by atoms with Gasteiger partial charge in [0.2, 0.25) is 0 Å². The Kier molecular flexibility index (Phi) is 5.96. The van der Waals surface area contributed by atoms with Crippen molar-refractivity contribution in [3.05, 3.63) is 0 Å². The van der Waals surface area contributed by atoms with Gasteiger partial charge in [-0.3, -0.25) is 0 Å². The SMILES string of the molecule is O=C(O)C(O)SCCCS.